The Balaban J connectivity index is 2.44. The van der Waals surface area contributed by atoms with Gasteiger partial charge in [-0.1, -0.05) is 31.2 Å². The molecule has 5 nitrogen and oxygen atoms in total. The monoisotopic (exact) mass is 293 g/mol. The van der Waals surface area contributed by atoms with E-state index in [2.05, 4.69) is 41.6 Å². The Bertz CT molecular complexity index is 437. The largest absolute Gasteiger partial charge is 0.383 e. The van der Waals surface area contributed by atoms with Gasteiger partial charge in [-0.25, -0.2) is 4.79 Å². The van der Waals surface area contributed by atoms with Crippen LogP contribution < -0.4 is 10.6 Å². The van der Waals surface area contributed by atoms with E-state index in [1.165, 1.54) is 5.56 Å². The lowest BCUT2D eigenvalue weighted by Gasteiger charge is -2.15. The third-order valence-electron chi connectivity index (χ3n) is 3.23. The molecule has 0 bridgehead atoms. The second kappa shape index (κ2) is 9.37. The number of ether oxygens (including phenoxy) is 1. The number of amides is 2. The predicted molar refractivity (Wildman–Crippen MR) is 85.2 cm³/mol. The van der Waals surface area contributed by atoms with Crippen molar-refractivity contribution in [2.45, 2.75) is 33.0 Å². The number of nitrogens with zero attached hydrogens (tertiary/aromatic N) is 1. The molecular formula is C16H27N3O2. The van der Waals surface area contributed by atoms with Crippen LogP contribution in [0.4, 0.5) is 4.79 Å². The summed E-state index contributed by atoms with van der Waals surface area (Å²) < 4.78 is 4.98. The first kappa shape index (κ1) is 17.5. The minimum absolute atomic E-state index is 0.000428. The maximum absolute atomic E-state index is 11.7. The fourth-order valence-corrected chi connectivity index (χ4v) is 2.01. The van der Waals surface area contributed by atoms with Gasteiger partial charge in [0.2, 0.25) is 0 Å². The molecule has 2 N–H and O–H groups in total. The summed E-state index contributed by atoms with van der Waals surface area (Å²) in [4.78, 5) is 14.0. The van der Waals surface area contributed by atoms with Crippen LogP contribution in [0.15, 0.2) is 24.3 Å². The van der Waals surface area contributed by atoms with Gasteiger partial charge in [0, 0.05) is 20.2 Å². The summed E-state index contributed by atoms with van der Waals surface area (Å²) in [5, 5.41) is 5.69. The molecule has 0 unspecified atom stereocenters. The molecule has 118 valence electrons. The van der Waals surface area contributed by atoms with Crippen molar-refractivity contribution < 1.29 is 9.53 Å². The zero-order valence-electron chi connectivity index (χ0n) is 13.5. The maximum Gasteiger partial charge on any atom is 0.315 e. The molecule has 0 heterocycles. The Hall–Kier alpha value is -1.59. The standard InChI is InChI=1S/C16H27N3O2/c1-5-19(3)11-15-8-6-7-14(9-15)10-17-16(20)18-13(2)12-21-4/h6-9,13H,5,10-12H2,1-4H3,(H2,17,18,20)/t13-/m0/s1. The SMILES string of the molecule is CCN(C)Cc1cccc(CNC(=O)N[C@@H](C)COC)c1. The Labute approximate surface area is 127 Å². The van der Waals surface area contributed by atoms with Gasteiger partial charge in [-0.15, -0.1) is 0 Å². The molecule has 0 aliphatic carbocycles. The summed E-state index contributed by atoms with van der Waals surface area (Å²) in [5.74, 6) is 0. The van der Waals surface area contributed by atoms with Crippen LogP contribution in [0.3, 0.4) is 0 Å². The van der Waals surface area contributed by atoms with Crippen molar-refractivity contribution in [2.75, 3.05) is 27.3 Å². The fourth-order valence-electron chi connectivity index (χ4n) is 2.01. The number of nitrogens with one attached hydrogen (secondary N) is 2. The molecule has 0 saturated heterocycles. The van der Waals surface area contributed by atoms with Crippen molar-refractivity contribution in [1.82, 2.24) is 15.5 Å². The van der Waals surface area contributed by atoms with Crippen molar-refractivity contribution in [2.24, 2.45) is 0 Å². The lowest BCUT2D eigenvalue weighted by atomic mass is 10.1. The molecule has 2 amide bonds. The number of hydrogen-bond donors (Lipinski definition) is 2. The minimum Gasteiger partial charge on any atom is -0.383 e. The number of carbonyl (C=O) groups excluding carboxylic acids is 1. The number of hydrogen-bond acceptors (Lipinski definition) is 3. The number of urea groups is 1. The van der Waals surface area contributed by atoms with Gasteiger partial charge in [-0.2, -0.15) is 0 Å². The fraction of sp³-hybridized carbons (Fsp3) is 0.562. The second-order valence-corrected chi connectivity index (χ2v) is 5.33. The highest BCUT2D eigenvalue weighted by atomic mass is 16.5. The van der Waals surface area contributed by atoms with Gasteiger partial charge in [0.15, 0.2) is 0 Å². The van der Waals surface area contributed by atoms with Crippen LogP contribution in [0, 0.1) is 0 Å². The van der Waals surface area contributed by atoms with Gasteiger partial charge in [0.05, 0.1) is 12.6 Å². The van der Waals surface area contributed by atoms with E-state index in [-0.39, 0.29) is 12.1 Å². The molecule has 1 rings (SSSR count). The van der Waals surface area contributed by atoms with E-state index in [0.29, 0.717) is 13.2 Å². The molecule has 0 fully saturated rings. The van der Waals surface area contributed by atoms with E-state index in [9.17, 15) is 4.79 Å². The topological polar surface area (TPSA) is 53.6 Å². The zero-order chi connectivity index (χ0) is 15.7. The van der Waals surface area contributed by atoms with Gasteiger partial charge < -0.3 is 20.3 Å². The van der Waals surface area contributed by atoms with E-state index < -0.39 is 0 Å². The molecule has 1 aromatic carbocycles. The Morgan fingerprint density at radius 3 is 2.76 bits per heavy atom. The number of benzene rings is 1. The summed E-state index contributed by atoms with van der Waals surface area (Å²) in [6, 6.07) is 8.12. The molecule has 1 atom stereocenters. The van der Waals surface area contributed by atoms with Crippen LogP contribution in [-0.2, 0) is 17.8 Å². The van der Waals surface area contributed by atoms with E-state index in [0.717, 1.165) is 18.7 Å². The number of rotatable bonds is 8. The Morgan fingerprint density at radius 1 is 1.38 bits per heavy atom. The molecule has 0 aliphatic heterocycles. The highest BCUT2D eigenvalue weighted by molar-refractivity contribution is 5.74. The van der Waals surface area contributed by atoms with E-state index in [1.54, 1.807) is 7.11 Å². The lowest BCUT2D eigenvalue weighted by Crippen LogP contribution is -2.42. The van der Waals surface area contributed by atoms with Gasteiger partial charge in [-0.3, -0.25) is 0 Å². The quantitative estimate of drug-likeness (QED) is 0.770. The van der Waals surface area contributed by atoms with E-state index >= 15 is 0 Å². The molecule has 0 radical (unpaired) electrons. The third kappa shape index (κ3) is 7.11. The Kier molecular flexibility index (Phi) is 7.79. The first-order chi connectivity index (χ1) is 10.0. The van der Waals surface area contributed by atoms with Crippen LogP contribution >= 0.6 is 0 Å². The highest BCUT2D eigenvalue weighted by Crippen LogP contribution is 2.07. The molecule has 0 aromatic heterocycles. The Morgan fingerprint density at radius 2 is 2.10 bits per heavy atom. The van der Waals surface area contributed by atoms with Gasteiger partial charge >= 0.3 is 6.03 Å². The molecule has 0 saturated carbocycles. The minimum atomic E-state index is -0.171. The predicted octanol–water partition coefficient (Wildman–Crippen LogP) is 1.97. The van der Waals surface area contributed by atoms with Crippen molar-refractivity contribution in [3.05, 3.63) is 35.4 Å². The van der Waals surface area contributed by atoms with Crippen molar-refractivity contribution in [3.8, 4) is 0 Å². The van der Waals surface area contributed by atoms with Gasteiger partial charge in [-0.05, 0) is 31.6 Å². The number of carbonyl (C=O) groups is 1. The first-order valence-electron chi connectivity index (χ1n) is 7.34. The zero-order valence-corrected chi connectivity index (χ0v) is 13.5. The summed E-state index contributed by atoms with van der Waals surface area (Å²) in [7, 11) is 3.71. The molecule has 5 heteroatoms. The lowest BCUT2D eigenvalue weighted by molar-refractivity contribution is 0.171. The maximum atomic E-state index is 11.7. The van der Waals surface area contributed by atoms with Crippen LogP contribution in [-0.4, -0.2) is 44.3 Å². The average molecular weight is 293 g/mol. The van der Waals surface area contributed by atoms with Crippen LogP contribution in [0.25, 0.3) is 0 Å². The van der Waals surface area contributed by atoms with Crippen LogP contribution in [0.5, 0.6) is 0 Å². The van der Waals surface area contributed by atoms with Crippen LogP contribution in [0.2, 0.25) is 0 Å². The van der Waals surface area contributed by atoms with Gasteiger partial charge in [0.1, 0.15) is 0 Å². The van der Waals surface area contributed by atoms with E-state index in [4.69, 9.17) is 4.74 Å². The number of methoxy groups -OCH3 is 1. The summed E-state index contributed by atoms with van der Waals surface area (Å²) >= 11 is 0. The summed E-state index contributed by atoms with van der Waals surface area (Å²) in [6.45, 7) is 7.01. The normalized spacial score (nSPS) is 12.2. The average Bonchev–Trinajstić information content (AvgIpc) is 2.45. The molecular weight excluding hydrogens is 266 g/mol. The van der Waals surface area contributed by atoms with Crippen molar-refractivity contribution in [1.29, 1.82) is 0 Å². The van der Waals surface area contributed by atoms with Crippen LogP contribution in [0.1, 0.15) is 25.0 Å². The highest BCUT2D eigenvalue weighted by Gasteiger charge is 2.06. The first-order valence-corrected chi connectivity index (χ1v) is 7.34. The van der Waals surface area contributed by atoms with Crippen molar-refractivity contribution in [3.63, 3.8) is 0 Å². The van der Waals surface area contributed by atoms with Crippen molar-refractivity contribution >= 4 is 6.03 Å². The van der Waals surface area contributed by atoms with Gasteiger partial charge in [0.25, 0.3) is 0 Å². The molecule has 21 heavy (non-hydrogen) atoms. The molecule has 0 spiro atoms. The molecule has 0 aliphatic rings. The summed E-state index contributed by atoms with van der Waals surface area (Å²) in [6.07, 6.45) is 0. The summed E-state index contributed by atoms with van der Waals surface area (Å²) in [5.41, 5.74) is 2.36. The smallest absolute Gasteiger partial charge is 0.315 e. The second-order valence-electron chi connectivity index (χ2n) is 5.33. The third-order valence-corrected chi connectivity index (χ3v) is 3.23. The molecule has 1 aromatic rings. The van der Waals surface area contributed by atoms with E-state index in [1.807, 2.05) is 19.1 Å².